The van der Waals surface area contributed by atoms with E-state index < -0.39 is 17.5 Å². The molecule has 5 nitrogen and oxygen atoms in total. The highest BCUT2D eigenvalue weighted by Gasteiger charge is 2.43. The molecule has 1 fully saturated rings. The van der Waals surface area contributed by atoms with Crippen LogP contribution >= 0.6 is 0 Å². The van der Waals surface area contributed by atoms with Gasteiger partial charge in [-0.2, -0.15) is 0 Å². The molecule has 98 valence electrons. The van der Waals surface area contributed by atoms with Crippen LogP contribution in [0.15, 0.2) is 60.7 Å². The maximum atomic E-state index is 12.1. The number of rotatable bonds is 2. The Bertz CT molecular complexity index is 623. The van der Waals surface area contributed by atoms with E-state index in [0.29, 0.717) is 11.4 Å². The summed E-state index contributed by atoms with van der Waals surface area (Å²) in [6, 6.07) is 17.6. The van der Waals surface area contributed by atoms with Crippen LogP contribution in [0.5, 0.6) is 0 Å². The van der Waals surface area contributed by atoms with Gasteiger partial charge in [-0.1, -0.05) is 36.4 Å². The number of para-hydroxylation sites is 2. The fraction of sp³-hybridized carbons (Fsp3) is 0. The van der Waals surface area contributed by atoms with Gasteiger partial charge in [-0.15, -0.1) is 0 Å². The molecule has 0 aromatic heterocycles. The first-order valence-electron chi connectivity index (χ1n) is 6.07. The van der Waals surface area contributed by atoms with Crippen LogP contribution in [0, 0.1) is 5.41 Å². The van der Waals surface area contributed by atoms with Crippen LogP contribution in [-0.2, 0) is 9.59 Å². The first-order chi connectivity index (χ1) is 9.70. The van der Waals surface area contributed by atoms with Gasteiger partial charge in [0.2, 0.25) is 0 Å². The number of nitrogens with zero attached hydrogens (tertiary/aromatic N) is 2. The van der Waals surface area contributed by atoms with Crippen molar-refractivity contribution in [1.82, 2.24) is 0 Å². The average molecular weight is 265 g/mol. The summed E-state index contributed by atoms with van der Waals surface area (Å²) < 4.78 is 0. The largest absolute Gasteiger partial charge is 0.301 e. The molecule has 1 aliphatic heterocycles. The van der Waals surface area contributed by atoms with Gasteiger partial charge >= 0.3 is 11.8 Å². The second-order valence-electron chi connectivity index (χ2n) is 4.28. The van der Waals surface area contributed by atoms with Crippen molar-refractivity contribution in [2.24, 2.45) is 0 Å². The van der Waals surface area contributed by atoms with Gasteiger partial charge < -0.3 is 0 Å². The molecule has 1 heterocycles. The Balaban J connectivity index is 2.12. The standard InChI is InChI=1S/C15H11N3O2/c16-13-14(19)17(11-7-3-1-4-8-11)18(15(13)20)12-9-5-2-6-10-12/h1-10,16H. The number of hydrazine groups is 1. The van der Waals surface area contributed by atoms with E-state index in [1.807, 2.05) is 12.1 Å². The SMILES string of the molecule is N=C1C(=O)N(c2ccccc2)N(c2ccccc2)C1=O. The summed E-state index contributed by atoms with van der Waals surface area (Å²) in [6.07, 6.45) is 0. The van der Waals surface area contributed by atoms with Crippen molar-refractivity contribution in [3.63, 3.8) is 0 Å². The monoisotopic (exact) mass is 265 g/mol. The highest BCUT2D eigenvalue weighted by Crippen LogP contribution is 2.27. The highest BCUT2D eigenvalue weighted by atomic mass is 16.2. The summed E-state index contributed by atoms with van der Waals surface area (Å²) in [5.41, 5.74) is 0.576. The van der Waals surface area contributed by atoms with E-state index in [1.54, 1.807) is 48.5 Å². The number of nitrogens with one attached hydrogen (secondary N) is 1. The predicted molar refractivity (Wildman–Crippen MR) is 75.6 cm³/mol. The molecule has 0 spiro atoms. The van der Waals surface area contributed by atoms with Gasteiger partial charge in [0.05, 0.1) is 11.4 Å². The zero-order valence-corrected chi connectivity index (χ0v) is 10.5. The molecule has 5 heteroatoms. The van der Waals surface area contributed by atoms with Crippen LogP contribution in [0.4, 0.5) is 11.4 Å². The molecule has 1 aliphatic rings. The quantitative estimate of drug-likeness (QED) is 0.902. The fourth-order valence-corrected chi connectivity index (χ4v) is 2.09. The number of amides is 2. The van der Waals surface area contributed by atoms with Crippen molar-refractivity contribution in [2.75, 3.05) is 10.0 Å². The molecule has 0 aliphatic carbocycles. The Morgan fingerprint density at radius 2 is 1.00 bits per heavy atom. The first-order valence-corrected chi connectivity index (χ1v) is 6.07. The van der Waals surface area contributed by atoms with Crippen molar-refractivity contribution in [2.45, 2.75) is 0 Å². The second-order valence-corrected chi connectivity index (χ2v) is 4.28. The van der Waals surface area contributed by atoms with Gasteiger partial charge in [0.15, 0.2) is 5.71 Å². The number of carbonyl (C=O) groups is 2. The summed E-state index contributed by atoms with van der Waals surface area (Å²) in [5, 5.41) is 10.1. The molecule has 2 amide bonds. The molecule has 0 unspecified atom stereocenters. The Kier molecular flexibility index (Phi) is 2.80. The Morgan fingerprint density at radius 1 is 0.650 bits per heavy atom. The minimum Gasteiger partial charge on any atom is -0.291 e. The molecule has 1 N–H and O–H groups in total. The lowest BCUT2D eigenvalue weighted by Crippen LogP contribution is -2.41. The van der Waals surface area contributed by atoms with Gasteiger partial charge in [0.25, 0.3) is 0 Å². The molecular weight excluding hydrogens is 254 g/mol. The molecule has 3 rings (SSSR count). The van der Waals surface area contributed by atoms with Crippen LogP contribution in [0.2, 0.25) is 0 Å². The zero-order chi connectivity index (χ0) is 14.1. The molecule has 0 radical (unpaired) electrons. The average Bonchev–Trinajstić information content (AvgIpc) is 2.73. The van der Waals surface area contributed by atoms with E-state index >= 15 is 0 Å². The Morgan fingerprint density at radius 3 is 1.35 bits per heavy atom. The number of hydrogen-bond donors (Lipinski definition) is 1. The number of hydrogen-bond acceptors (Lipinski definition) is 3. The number of carbonyl (C=O) groups excluding carboxylic acids is 2. The van der Waals surface area contributed by atoms with Crippen molar-refractivity contribution < 1.29 is 9.59 Å². The first kappa shape index (κ1) is 12.1. The zero-order valence-electron chi connectivity index (χ0n) is 10.5. The molecule has 20 heavy (non-hydrogen) atoms. The Labute approximate surface area is 115 Å². The summed E-state index contributed by atoms with van der Waals surface area (Å²) in [6.45, 7) is 0. The smallest absolute Gasteiger partial charge is 0.291 e. The summed E-state index contributed by atoms with van der Waals surface area (Å²) in [4.78, 5) is 24.3. The van der Waals surface area contributed by atoms with Gasteiger partial charge in [0, 0.05) is 0 Å². The van der Waals surface area contributed by atoms with E-state index in [9.17, 15) is 9.59 Å². The topological polar surface area (TPSA) is 64.5 Å². The molecular formula is C15H11N3O2. The lowest BCUT2D eigenvalue weighted by atomic mass is 10.3. The van der Waals surface area contributed by atoms with Crippen LogP contribution in [-0.4, -0.2) is 17.5 Å². The van der Waals surface area contributed by atoms with E-state index in [4.69, 9.17) is 5.41 Å². The number of anilines is 2. The third-order valence-corrected chi connectivity index (χ3v) is 3.01. The molecule has 2 aromatic carbocycles. The van der Waals surface area contributed by atoms with Gasteiger partial charge in [-0.05, 0) is 24.3 Å². The van der Waals surface area contributed by atoms with Crippen molar-refractivity contribution >= 4 is 28.9 Å². The van der Waals surface area contributed by atoms with E-state index in [-0.39, 0.29) is 0 Å². The van der Waals surface area contributed by atoms with Crippen LogP contribution in [0.25, 0.3) is 0 Å². The van der Waals surface area contributed by atoms with Crippen molar-refractivity contribution in [3.05, 3.63) is 60.7 Å². The lowest BCUT2D eigenvalue weighted by Gasteiger charge is -2.26. The van der Waals surface area contributed by atoms with Gasteiger partial charge in [0.1, 0.15) is 0 Å². The van der Waals surface area contributed by atoms with Crippen molar-refractivity contribution in [1.29, 1.82) is 5.41 Å². The highest BCUT2D eigenvalue weighted by molar-refractivity contribution is 6.73. The minimum absolute atomic E-state index is 0.530. The van der Waals surface area contributed by atoms with Gasteiger partial charge in [-0.3, -0.25) is 15.0 Å². The fourth-order valence-electron chi connectivity index (χ4n) is 2.09. The molecule has 0 saturated carbocycles. The maximum absolute atomic E-state index is 12.1. The van der Waals surface area contributed by atoms with Crippen LogP contribution in [0.3, 0.4) is 0 Å². The lowest BCUT2D eigenvalue weighted by molar-refractivity contribution is -0.112. The van der Waals surface area contributed by atoms with Crippen LogP contribution < -0.4 is 10.0 Å². The predicted octanol–water partition coefficient (Wildman–Crippen LogP) is 2.00. The minimum atomic E-state index is -0.620. The maximum Gasteiger partial charge on any atom is 0.301 e. The molecule has 1 saturated heterocycles. The molecule has 0 bridgehead atoms. The summed E-state index contributed by atoms with van der Waals surface area (Å²) in [7, 11) is 0. The molecule has 0 atom stereocenters. The van der Waals surface area contributed by atoms with Crippen molar-refractivity contribution in [3.8, 4) is 0 Å². The third kappa shape index (κ3) is 1.76. The van der Waals surface area contributed by atoms with E-state index in [1.165, 1.54) is 10.0 Å². The van der Waals surface area contributed by atoms with Crippen LogP contribution in [0.1, 0.15) is 0 Å². The number of benzene rings is 2. The summed E-state index contributed by atoms with van der Waals surface area (Å²) in [5.74, 6) is -1.24. The Hall–Kier alpha value is -2.95. The van der Waals surface area contributed by atoms with E-state index in [2.05, 4.69) is 0 Å². The van der Waals surface area contributed by atoms with E-state index in [0.717, 1.165) is 0 Å². The summed E-state index contributed by atoms with van der Waals surface area (Å²) >= 11 is 0. The molecule has 2 aromatic rings. The normalized spacial score (nSPS) is 15.1. The third-order valence-electron chi connectivity index (χ3n) is 3.01. The van der Waals surface area contributed by atoms with Gasteiger partial charge in [-0.25, -0.2) is 10.0 Å². The second kappa shape index (κ2) is 4.62.